The van der Waals surface area contributed by atoms with Gasteiger partial charge in [-0.1, -0.05) is 35.3 Å². The zero-order chi connectivity index (χ0) is 20.5. The minimum absolute atomic E-state index is 0.0319. The van der Waals surface area contributed by atoms with Gasteiger partial charge in [0, 0.05) is 22.0 Å². The molecule has 3 aromatic rings. The number of carbonyl (C=O) groups is 1. The lowest BCUT2D eigenvalue weighted by atomic mass is 10.1. The monoisotopic (exact) mass is 433 g/mol. The van der Waals surface area contributed by atoms with Crippen LogP contribution in [0.1, 0.15) is 22.0 Å². The molecular weight excluding hydrogens is 417 g/mol. The third kappa shape index (κ3) is 3.96. The number of fused-ring (bicyclic) bond motifs is 1. The minimum atomic E-state index is -0.708. The van der Waals surface area contributed by atoms with Crippen LogP contribution in [0.2, 0.25) is 10.0 Å². The number of benzene rings is 2. The molecule has 29 heavy (non-hydrogen) atoms. The van der Waals surface area contributed by atoms with Crippen molar-refractivity contribution >= 4 is 40.1 Å². The summed E-state index contributed by atoms with van der Waals surface area (Å²) in [5.41, 5.74) is 0.344. The third-order valence-electron chi connectivity index (χ3n) is 4.78. The Hall–Kier alpha value is -2.54. The van der Waals surface area contributed by atoms with E-state index in [2.05, 4.69) is 0 Å². The Morgan fingerprint density at radius 3 is 2.66 bits per heavy atom. The van der Waals surface area contributed by atoms with E-state index in [1.54, 1.807) is 41.3 Å². The molecule has 1 saturated heterocycles. The number of rotatable bonds is 3. The summed E-state index contributed by atoms with van der Waals surface area (Å²) >= 11 is 12.2. The molecule has 1 atom stereocenters. The van der Waals surface area contributed by atoms with Crippen LogP contribution in [0.25, 0.3) is 11.0 Å². The van der Waals surface area contributed by atoms with Crippen LogP contribution in [-0.2, 0) is 4.74 Å². The number of nitrogens with zero attached hydrogens (tertiary/aromatic N) is 1. The molecule has 150 valence electrons. The van der Waals surface area contributed by atoms with Gasteiger partial charge in [0.2, 0.25) is 0 Å². The Morgan fingerprint density at radius 1 is 1.17 bits per heavy atom. The van der Waals surface area contributed by atoms with Gasteiger partial charge in [-0.2, -0.15) is 0 Å². The number of amides is 1. The second kappa shape index (κ2) is 8.06. The van der Waals surface area contributed by atoms with E-state index in [0.717, 1.165) is 5.56 Å². The quantitative estimate of drug-likeness (QED) is 0.575. The molecule has 6 nitrogen and oxygen atoms in total. The van der Waals surface area contributed by atoms with Gasteiger partial charge in [0.15, 0.2) is 11.3 Å². The second-order valence-electron chi connectivity index (χ2n) is 6.64. The van der Waals surface area contributed by atoms with Crippen LogP contribution in [0, 0.1) is 0 Å². The SMILES string of the molecule is COc1cccc2cc(C(=O)N3CCOC(c4cc(Cl)cc(Cl)c4)C3)c(=O)oc12. The molecule has 4 rings (SSSR count). The van der Waals surface area contributed by atoms with Crippen molar-refractivity contribution in [3.05, 3.63) is 74.1 Å². The van der Waals surface area contributed by atoms with Crippen molar-refractivity contribution < 1.29 is 18.7 Å². The lowest BCUT2D eigenvalue weighted by molar-refractivity contribution is -0.0229. The summed E-state index contributed by atoms with van der Waals surface area (Å²) in [7, 11) is 1.49. The normalized spacial score (nSPS) is 16.8. The highest BCUT2D eigenvalue weighted by molar-refractivity contribution is 6.34. The molecule has 2 aromatic carbocycles. The first kappa shape index (κ1) is 19.8. The molecule has 0 N–H and O–H groups in total. The van der Waals surface area contributed by atoms with Crippen LogP contribution in [0.4, 0.5) is 0 Å². The van der Waals surface area contributed by atoms with Crippen molar-refractivity contribution in [3.63, 3.8) is 0 Å². The van der Waals surface area contributed by atoms with Gasteiger partial charge in [0.1, 0.15) is 11.7 Å². The Balaban J connectivity index is 1.64. The van der Waals surface area contributed by atoms with Gasteiger partial charge in [-0.3, -0.25) is 4.79 Å². The number of methoxy groups -OCH3 is 1. The lowest BCUT2D eigenvalue weighted by Gasteiger charge is -2.33. The Bertz CT molecular complexity index is 1120. The molecule has 1 aromatic heterocycles. The molecule has 8 heteroatoms. The van der Waals surface area contributed by atoms with Crippen molar-refractivity contribution in [3.8, 4) is 5.75 Å². The number of hydrogen-bond donors (Lipinski definition) is 0. The predicted molar refractivity (Wildman–Crippen MR) is 110 cm³/mol. The van der Waals surface area contributed by atoms with E-state index in [9.17, 15) is 9.59 Å². The average Bonchev–Trinajstić information content (AvgIpc) is 2.71. The van der Waals surface area contributed by atoms with E-state index in [-0.39, 0.29) is 12.1 Å². The fourth-order valence-corrected chi connectivity index (χ4v) is 3.94. The molecule has 1 aliphatic heterocycles. The standard InChI is InChI=1S/C21H17Cl2NO5/c1-27-17-4-2-3-12-9-16(21(26)29-19(12)17)20(25)24-5-6-28-18(11-24)13-7-14(22)10-15(23)8-13/h2-4,7-10,18H,5-6,11H2,1H3. The summed E-state index contributed by atoms with van der Waals surface area (Å²) in [4.78, 5) is 27.1. The number of carbonyl (C=O) groups excluding carboxylic acids is 1. The van der Waals surface area contributed by atoms with Gasteiger partial charge < -0.3 is 18.8 Å². The maximum Gasteiger partial charge on any atom is 0.349 e. The number of halogens is 2. The summed E-state index contributed by atoms with van der Waals surface area (Å²) in [5, 5.41) is 1.59. The molecular formula is C21H17Cl2NO5. The summed E-state index contributed by atoms with van der Waals surface area (Å²) in [5.74, 6) is 0.0211. The zero-order valence-electron chi connectivity index (χ0n) is 15.5. The van der Waals surface area contributed by atoms with Crippen LogP contribution < -0.4 is 10.4 Å². The van der Waals surface area contributed by atoms with Crippen molar-refractivity contribution in [2.24, 2.45) is 0 Å². The van der Waals surface area contributed by atoms with Crippen molar-refractivity contribution in [2.45, 2.75) is 6.10 Å². The third-order valence-corrected chi connectivity index (χ3v) is 5.22. The second-order valence-corrected chi connectivity index (χ2v) is 7.51. The number of morpholine rings is 1. The maximum atomic E-state index is 13.1. The number of para-hydroxylation sites is 1. The summed E-state index contributed by atoms with van der Waals surface area (Å²) < 4.78 is 16.4. The molecule has 1 aliphatic rings. The molecule has 0 saturated carbocycles. The highest BCUT2D eigenvalue weighted by Crippen LogP contribution is 2.29. The Labute approximate surface area is 176 Å². The van der Waals surface area contributed by atoms with Gasteiger partial charge >= 0.3 is 5.63 Å². The fourth-order valence-electron chi connectivity index (χ4n) is 3.39. The van der Waals surface area contributed by atoms with Crippen LogP contribution >= 0.6 is 23.2 Å². The average molecular weight is 434 g/mol. The van der Waals surface area contributed by atoms with Gasteiger partial charge in [-0.05, 0) is 35.9 Å². The molecule has 0 aliphatic carbocycles. The van der Waals surface area contributed by atoms with E-state index < -0.39 is 17.6 Å². The minimum Gasteiger partial charge on any atom is -0.493 e. The lowest BCUT2D eigenvalue weighted by Crippen LogP contribution is -2.43. The molecule has 0 radical (unpaired) electrons. The first-order valence-electron chi connectivity index (χ1n) is 8.94. The van der Waals surface area contributed by atoms with Crippen molar-refractivity contribution in [1.29, 1.82) is 0 Å². The maximum absolute atomic E-state index is 13.1. The molecule has 0 spiro atoms. The highest BCUT2D eigenvalue weighted by Gasteiger charge is 2.28. The van der Waals surface area contributed by atoms with Gasteiger partial charge in [0.05, 0.1) is 20.3 Å². The van der Waals surface area contributed by atoms with Crippen LogP contribution in [0.5, 0.6) is 5.75 Å². The van der Waals surface area contributed by atoms with E-state index in [4.69, 9.17) is 37.1 Å². The molecule has 1 amide bonds. The van der Waals surface area contributed by atoms with Crippen molar-refractivity contribution in [1.82, 2.24) is 4.90 Å². The number of hydrogen-bond acceptors (Lipinski definition) is 5. The Morgan fingerprint density at radius 2 is 1.93 bits per heavy atom. The first-order valence-corrected chi connectivity index (χ1v) is 9.69. The smallest absolute Gasteiger partial charge is 0.349 e. The largest absolute Gasteiger partial charge is 0.493 e. The summed E-state index contributed by atoms with van der Waals surface area (Å²) in [6.45, 7) is 0.956. The molecule has 1 unspecified atom stereocenters. The summed E-state index contributed by atoms with van der Waals surface area (Å²) in [6, 6.07) is 11.9. The van der Waals surface area contributed by atoms with E-state index in [0.29, 0.717) is 39.9 Å². The van der Waals surface area contributed by atoms with Crippen LogP contribution in [-0.4, -0.2) is 37.6 Å². The molecule has 0 bridgehead atoms. The molecule has 1 fully saturated rings. The number of ether oxygens (including phenoxy) is 2. The predicted octanol–water partition coefficient (Wildman–Crippen LogP) is 4.32. The Kier molecular flexibility index (Phi) is 5.50. The van der Waals surface area contributed by atoms with E-state index in [1.165, 1.54) is 13.2 Å². The highest BCUT2D eigenvalue weighted by atomic mass is 35.5. The van der Waals surface area contributed by atoms with Crippen LogP contribution in [0.15, 0.2) is 51.7 Å². The van der Waals surface area contributed by atoms with E-state index in [1.807, 2.05) is 0 Å². The van der Waals surface area contributed by atoms with Gasteiger partial charge in [0.25, 0.3) is 5.91 Å². The fraction of sp³-hybridized carbons (Fsp3) is 0.238. The van der Waals surface area contributed by atoms with E-state index >= 15 is 0 Å². The van der Waals surface area contributed by atoms with Gasteiger partial charge in [-0.25, -0.2) is 4.79 Å². The van der Waals surface area contributed by atoms with Crippen LogP contribution in [0.3, 0.4) is 0 Å². The topological polar surface area (TPSA) is 69.0 Å². The van der Waals surface area contributed by atoms with Crippen molar-refractivity contribution in [2.75, 3.05) is 26.8 Å². The molecule has 2 heterocycles. The first-order chi connectivity index (χ1) is 14.0. The van der Waals surface area contributed by atoms with Gasteiger partial charge in [-0.15, -0.1) is 0 Å². The zero-order valence-corrected chi connectivity index (χ0v) is 17.0. The summed E-state index contributed by atoms with van der Waals surface area (Å²) in [6.07, 6.45) is -0.392.